The Morgan fingerprint density at radius 2 is 1.90 bits per heavy atom. The van der Waals surface area contributed by atoms with Crippen LogP contribution in [0.2, 0.25) is 0 Å². The normalized spacial score (nSPS) is 21.0. The maximum Gasteiger partial charge on any atom is 0.418 e. The zero-order valence-electron chi connectivity index (χ0n) is 12.3. The van der Waals surface area contributed by atoms with Crippen LogP contribution in [0, 0.1) is 0 Å². The SMILES string of the molecule is CCN1c2cccc(C(F)(F)F)c2NCC12CCCCC2. The maximum absolute atomic E-state index is 13.2. The molecule has 0 aromatic heterocycles. The lowest BCUT2D eigenvalue weighted by molar-refractivity contribution is -0.137. The summed E-state index contributed by atoms with van der Waals surface area (Å²) in [6.45, 7) is 3.39. The van der Waals surface area contributed by atoms with Crippen molar-refractivity contribution in [1.29, 1.82) is 0 Å². The number of alkyl halides is 3. The van der Waals surface area contributed by atoms with Gasteiger partial charge in [-0.05, 0) is 31.9 Å². The van der Waals surface area contributed by atoms with Gasteiger partial charge in [0.1, 0.15) is 0 Å². The number of hydrogen-bond acceptors (Lipinski definition) is 2. The molecule has 116 valence electrons. The Morgan fingerprint density at radius 1 is 1.19 bits per heavy atom. The van der Waals surface area contributed by atoms with Crippen LogP contribution in [-0.4, -0.2) is 18.6 Å². The minimum absolute atomic E-state index is 0.00970. The van der Waals surface area contributed by atoms with Gasteiger partial charge in [0.25, 0.3) is 0 Å². The first-order chi connectivity index (χ1) is 9.98. The number of benzene rings is 1. The fourth-order valence-electron chi connectivity index (χ4n) is 3.95. The molecule has 0 atom stereocenters. The van der Waals surface area contributed by atoms with Crippen LogP contribution < -0.4 is 10.2 Å². The molecule has 0 radical (unpaired) electrons. The van der Waals surface area contributed by atoms with Crippen molar-refractivity contribution in [2.45, 2.75) is 50.7 Å². The number of anilines is 2. The highest BCUT2D eigenvalue weighted by atomic mass is 19.4. The third-order valence-corrected chi connectivity index (χ3v) is 4.91. The molecule has 1 N–H and O–H groups in total. The van der Waals surface area contributed by atoms with Crippen LogP contribution in [0.3, 0.4) is 0 Å². The average Bonchev–Trinajstić information content (AvgIpc) is 2.46. The van der Waals surface area contributed by atoms with E-state index >= 15 is 0 Å². The highest BCUT2D eigenvalue weighted by Crippen LogP contribution is 2.47. The summed E-state index contributed by atoms with van der Waals surface area (Å²) in [7, 11) is 0. The van der Waals surface area contributed by atoms with Crippen LogP contribution in [0.1, 0.15) is 44.6 Å². The monoisotopic (exact) mass is 298 g/mol. The number of hydrogen-bond donors (Lipinski definition) is 1. The first kappa shape index (κ1) is 14.5. The number of rotatable bonds is 1. The number of para-hydroxylation sites is 1. The molecule has 0 saturated heterocycles. The van der Waals surface area contributed by atoms with Gasteiger partial charge < -0.3 is 10.2 Å². The fourth-order valence-corrected chi connectivity index (χ4v) is 3.95. The minimum atomic E-state index is -4.31. The molecule has 0 bridgehead atoms. The van der Waals surface area contributed by atoms with E-state index in [0.29, 0.717) is 12.2 Å². The van der Waals surface area contributed by atoms with Crippen LogP contribution in [0.15, 0.2) is 18.2 Å². The Bertz CT molecular complexity index is 519. The van der Waals surface area contributed by atoms with Gasteiger partial charge in [0.2, 0.25) is 0 Å². The van der Waals surface area contributed by atoms with Gasteiger partial charge in [-0.2, -0.15) is 13.2 Å². The largest absolute Gasteiger partial charge is 0.418 e. The first-order valence-corrected chi connectivity index (χ1v) is 7.70. The van der Waals surface area contributed by atoms with E-state index < -0.39 is 11.7 Å². The summed E-state index contributed by atoms with van der Waals surface area (Å²) in [5, 5.41) is 3.10. The molecular formula is C16H21F3N2. The third kappa shape index (κ3) is 2.36. The molecule has 1 spiro atoms. The summed E-state index contributed by atoms with van der Waals surface area (Å²) >= 11 is 0. The van der Waals surface area contributed by atoms with Crippen molar-refractivity contribution in [1.82, 2.24) is 0 Å². The van der Waals surface area contributed by atoms with Crippen molar-refractivity contribution in [2.24, 2.45) is 0 Å². The van der Waals surface area contributed by atoms with Gasteiger partial charge in [-0.1, -0.05) is 25.3 Å². The zero-order valence-corrected chi connectivity index (χ0v) is 12.3. The summed E-state index contributed by atoms with van der Waals surface area (Å²) in [5.41, 5.74) is 0.400. The van der Waals surface area contributed by atoms with Crippen molar-refractivity contribution in [2.75, 3.05) is 23.3 Å². The van der Waals surface area contributed by atoms with Crippen LogP contribution >= 0.6 is 0 Å². The summed E-state index contributed by atoms with van der Waals surface area (Å²) < 4.78 is 39.5. The van der Waals surface area contributed by atoms with Crippen molar-refractivity contribution < 1.29 is 13.2 Å². The molecule has 2 nitrogen and oxygen atoms in total. The molecule has 2 aliphatic rings. The maximum atomic E-state index is 13.2. The Labute approximate surface area is 123 Å². The second kappa shape index (κ2) is 5.11. The van der Waals surface area contributed by atoms with Gasteiger partial charge in [0.15, 0.2) is 0 Å². The van der Waals surface area contributed by atoms with Crippen molar-refractivity contribution >= 4 is 11.4 Å². The Hall–Kier alpha value is -1.39. The van der Waals surface area contributed by atoms with Gasteiger partial charge >= 0.3 is 6.18 Å². The predicted molar refractivity (Wildman–Crippen MR) is 78.8 cm³/mol. The molecule has 21 heavy (non-hydrogen) atoms. The highest BCUT2D eigenvalue weighted by Gasteiger charge is 2.44. The second-order valence-electron chi connectivity index (χ2n) is 6.08. The molecule has 1 fully saturated rings. The molecule has 1 saturated carbocycles. The lowest BCUT2D eigenvalue weighted by atomic mass is 9.78. The summed E-state index contributed by atoms with van der Waals surface area (Å²) in [5.74, 6) is 0. The average molecular weight is 298 g/mol. The van der Waals surface area contributed by atoms with Crippen molar-refractivity contribution in [3.05, 3.63) is 23.8 Å². The van der Waals surface area contributed by atoms with E-state index in [1.165, 1.54) is 18.6 Å². The van der Waals surface area contributed by atoms with E-state index in [4.69, 9.17) is 0 Å². The van der Waals surface area contributed by atoms with E-state index in [9.17, 15) is 13.2 Å². The minimum Gasteiger partial charge on any atom is -0.381 e. The van der Waals surface area contributed by atoms with Gasteiger partial charge in [0, 0.05) is 13.1 Å². The summed E-state index contributed by atoms with van der Waals surface area (Å²) in [6, 6.07) is 4.50. The second-order valence-corrected chi connectivity index (χ2v) is 6.08. The molecule has 1 aromatic carbocycles. The molecule has 3 rings (SSSR count). The van der Waals surface area contributed by atoms with Gasteiger partial charge in [0.05, 0.1) is 22.5 Å². The third-order valence-electron chi connectivity index (χ3n) is 4.91. The standard InChI is InChI=1S/C16H21F3N2/c1-2-21-13-8-6-7-12(16(17,18)19)14(13)20-11-15(21)9-4-3-5-10-15/h6-8,20H,2-5,9-11H2,1H3. The quantitative estimate of drug-likeness (QED) is 0.811. The molecule has 1 aliphatic carbocycles. The van der Waals surface area contributed by atoms with Crippen LogP contribution in [0.4, 0.5) is 24.5 Å². The van der Waals surface area contributed by atoms with Gasteiger partial charge in [-0.3, -0.25) is 0 Å². The summed E-state index contributed by atoms with van der Waals surface area (Å²) in [6.07, 6.45) is 1.36. The molecule has 0 unspecified atom stereocenters. The van der Waals surface area contributed by atoms with Crippen LogP contribution in [-0.2, 0) is 6.18 Å². The summed E-state index contributed by atoms with van der Waals surface area (Å²) in [4.78, 5) is 2.20. The lowest BCUT2D eigenvalue weighted by Gasteiger charge is -2.51. The van der Waals surface area contributed by atoms with E-state index in [1.54, 1.807) is 0 Å². The van der Waals surface area contributed by atoms with Crippen molar-refractivity contribution in [3.63, 3.8) is 0 Å². The van der Waals surface area contributed by atoms with Crippen molar-refractivity contribution in [3.8, 4) is 0 Å². The van der Waals surface area contributed by atoms with E-state index in [0.717, 1.165) is 32.2 Å². The predicted octanol–water partition coefficient (Wildman–Crippen LogP) is 4.66. The van der Waals surface area contributed by atoms with E-state index in [2.05, 4.69) is 10.2 Å². The van der Waals surface area contributed by atoms with Gasteiger partial charge in [-0.25, -0.2) is 0 Å². The number of nitrogens with one attached hydrogen (secondary N) is 1. The lowest BCUT2D eigenvalue weighted by Crippen LogP contribution is -2.57. The molecule has 1 heterocycles. The molecule has 1 aliphatic heterocycles. The van der Waals surface area contributed by atoms with E-state index in [-0.39, 0.29) is 11.2 Å². The smallest absolute Gasteiger partial charge is 0.381 e. The van der Waals surface area contributed by atoms with Crippen LogP contribution in [0.25, 0.3) is 0 Å². The fraction of sp³-hybridized carbons (Fsp3) is 0.625. The van der Waals surface area contributed by atoms with E-state index in [1.807, 2.05) is 13.0 Å². The molecule has 0 amide bonds. The van der Waals surface area contributed by atoms with Gasteiger partial charge in [-0.15, -0.1) is 0 Å². The highest BCUT2D eigenvalue weighted by molar-refractivity contribution is 5.77. The number of fused-ring (bicyclic) bond motifs is 1. The topological polar surface area (TPSA) is 15.3 Å². The number of nitrogens with zero attached hydrogens (tertiary/aromatic N) is 1. The Morgan fingerprint density at radius 3 is 2.52 bits per heavy atom. The van der Waals surface area contributed by atoms with Crippen LogP contribution in [0.5, 0.6) is 0 Å². The zero-order chi connectivity index (χ0) is 15.1. The Kier molecular flexibility index (Phi) is 3.54. The molecule has 5 heteroatoms. The Balaban J connectivity index is 2.06. The number of halogens is 3. The number of likely N-dealkylation sites (N-methyl/N-ethyl adjacent to an activating group) is 1. The molecule has 1 aromatic rings. The first-order valence-electron chi connectivity index (χ1n) is 7.70. The molecular weight excluding hydrogens is 277 g/mol.